The molecule has 0 saturated carbocycles. The van der Waals surface area contributed by atoms with E-state index in [4.69, 9.17) is 4.74 Å². The van der Waals surface area contributed by atoms with Crippen molar-refractivity contribution in [3.05, 3.63) is 42.0 Å². The maximum atomic E-state index is 13.0. The lowest BCUT2D eigenvalue weighted by molar-refractivity contribution is -0.121. The Labute approximate surface area is 192 Å². The van der Waals surface area contributed by atoms with E-state index in [1.807, 2.05) is 25.1 Å². The first-order valence-electron chi connectivity index (χ1n) is 11.6. The van der Waals surface area contributed by atoms with Crippen LogP contribution in [0.2, 0.25) is 0 Å². The molecule has 9 nitrogen and oxygen atoms in total. The van der Waals surface area contributed by atoms with Gasteiger partial charge in [-0.05, 0) is 38.7 Å². The number of fused-ring (bicyclic) bond motifs is 2. The van der Waals surface area contributed by atoms with E-state index in [0.29, 0.717) is 30.8 Å². The Morgan fingerprint density at radius 1 is 1.27 bits per heavy atom. The SMILES string of the molecule is CCNC(=O)CC1CCc2c(OC[C@H]3CCCN3c3ncnc4nc[nH]c34)cccc2C1=O. The molecule has 1 amide bonds. The molecule has 2 aliphatic rings. The second kappa shape index (κ2) is 9.17. The number of aromatic amines is 1. The van der Waals surface area contributed by atoms with Gasteiger partial charge in [0.1, 0.15) is 24.2 Å². The summed E-state index contributed by atoms with van der Waals surface area (Å²) in [5, 5.41) is 2.79. The number of nitrogens with zero attached hydrogens (tertiary/aromatic N) is 4. The van der Waals surface area contributed by atoms with Gasteiger partial charge in [0.15, 0.2) is 17.2 Å². The molecular weight excluding hydrogens is 420 g/mol. The first-order valence-corrected chi connectivity index (χ1v) is 11.6. The molecule has 5 rings (SSSR count). The zero-order valence-electron chi connectivity index (χ0n) is 18.7. The van der Waals surface area contributed by atoms with Gasteiger partial charge in [-0.2, -0.15) is 0 Å². The molecule has 9 heteroatoms. The Bertz CT molecular complexity index is 1180. The number of amides is 1. The minimum absolute atomic E-state index is 0.0399. The lowest BCUT2D eigenvalue weighted by atomic mass is 9.80. The smallest absolute Gasteiger partial charge is 0.220 e. The number of hydrogen-bond acceptors (Lipinski definition) is 7. The van der Waals surface area contributed by atoms with Crippen molar-refractivity contribution in [3.8, 4) is 5.75 Å². The molecule has 2 atom stereocenters. The molecule has 1 aliphatic heterocycles. The van der Waals surface area contributed by atoms with E-state index in [1.165, 1.54) is 0 Å². The predicted octanol–water partition coefficient (Wildman–Crippen LogP) is 2.67. The minimum Gasteiger partial charge on any atom is -0.491 e. The number of rotatable bonds is 7. The second-order valence-electron chi connectivity index (χ2n) is 8.64. The van der Waals surface area contributed by atoms with E-state index in [9.17, 15) is 9.59 Å². The summed E-state index contributed by atoms with van der Waals surface area (Å²) >= 11 is 0. The summed E-state index contributed by atoms with van der Waals surface area (Å²) < 4.78 is 6.29. The summed E-state index contributed by atoms with van der Waals surface area (Å²) in [7, 11) is 0. The van der Waals surface area contributed by atoms with Crippen LogP contribution in [0.25, 0.3) is 11.2 Å². The first-order chi connectivity index (χ1) is 16.2. The monoisotopic (exact) mass is 448 g/mol. The molecule has 0 radical (unpaired) electrons. The number of carbonyl (C=O) groups excluding carboxylic acids is 2. The van der Waals surface area contributed by atoms with Crippen LogP contribution in [0.4, 0.5) is 5.82 Å². The molecule has 172 valence electrons. The molecule has 1 aliphatic carbocycles. The third kappa shape index (κ3) is 4.15. The van der Waals surface area contributed by atoms with Gasteiger partial charge in [-0.3, -0.25) is 9.59 Å². The lowest BCUT2D eigenvalue weighted by Gasteiger charge is -2.28. The number of benzene rings is 1. The number of nitrogens with one attached hydrogen (secondary N) is 2. The van der Waals surface area contributed by atoms with Gasteiger partial charge in [0.2, 0.25) is 5.91 Å². The Morgan fingerprint density at radius 2 is 2.18 bits per heavy atom. The van der Waals surface area contributed by atoms with Crippen molar-refractivity contribution in [1.82, 2.24) is 25.3 Å². The first kappa shape index (κ1) is 21.4. The molecule has 3 heterocycles. The number of aromatic nitrogens is 4. The zero-order valence-corrected chi connectivity index (χ0v) is 18.7. The number of ether oxygens (including phenoxy) is 1. The summed E-state index contributed by atoms with van der Waals surface area (Å²) in [5.74, 6) is 1.32. The summed E-state index contributed by atoms with van der Waals surface area (Å²) in [6, 6.07) is 5.83. The molecule has 0 bridgehead atoms. The summed E-state index contributed by atoms with van der Waals surface area (Å²) in [4.78, 5) is 43.4. The van der Waals surface area contributed by atoms with E-state index in [-0.39, 0.29) is 30.1 Å². The third-order valence-electron chi connectivity index (χ3n) is 6.60. The van der Waals surface area contributed by atoms with Gasteiger partial charge in [-0.25, -0.2) is 15.0 Å². The van der Waals surface area contributed by atoms with Crippen LogP contribution in [0.1, 0.15) is 48.5 Å². The maximum Gasteiger partial charge on any atom is 0.220 e. The van der Waals surface area contributed by atoms with Crippen molar-refractivity contribution in [2.75, 3.05) is 24.6 Å². The van der Waals surface area contributed by atoms with Gasteiger partial charge in [0, 0.05) is 36.6 Å². The number of ketones is 1. The maximum absolute atomic E-state index is 13.0. The van der Waals surface area contributed by atoms with Crippen LogP contribution in [0.3, 0.4) is 0 Å². The molecule has 1 aromatic carbocycles. The average Bonchev–Trinajstić information content (AvgIpc) is 3.49. The molecule has 2 N–H and O–H groups in total. The molecule has 1 fully saturated rings. The fourth-order valence-corrected chi connectivity index (χ4v) is 4.99. The minimum atomic E-state index is -0.265. The van der Waals surface area contributed by atoms with Gasteiger partial charge in [-0.1, -0.05) is 12.1 Å². The highest BCUT2D eigenvalue weighted by Crippen LogP contribution is 2.34. The Hall–Kier alpha value is -3.49. The number of H-pyrrole nitrogens is 1. The van der Waals surface area contributed by atoms with Crippen LogP contribution >= 0.6 is 0 Å². The van der Waals surface area contributed by atoms with Crippen molar-refractivity contribution < 1.29 is 14.3 Å². The Morgan fingerprint density at radius 3 is 3.06 bits per heavy atom. The Balaban J connectivity index is 1.30. The van der Waals surface area contributed by atoms with Crippen LogP contribution < -0.4 is 15.0 Å². The van der Waals surface area contributed by atoms with Crippen molar-refractivity contribution in [2.45, 2.75) is 45.1 Å². The van der Waals surface area contributed by atoms with Crippen LogP contribution in [-0.2, 0) is 11.2 Å². The quantitative estimate of drug-likeness (QED) is 0.571. The summed E-state index contributed by atoms with van der Waals surface area (Å²) in [6.07, 6.45) is 6.88. The number of Topliss-reactive ketones (excluding diaryl/α,β-unsaturated/α-hetero) is 1. The standard InChI is InChI=1S/C24H28N6O3/c1-2-25-20(31)11-15-8-9-17-18(22(15)32)6-3-7-19(17)33-12-16-5-4-10-30(16)24-21-23(27-13-26-21)28-14-29-24/h3,6-7,13-16H,2,4-5,8-12H2,1H3,(H,25,31)(H,26,27,28,29)/t15?,16-/m1/s1. The van der Waals surface area contributed by atoms with Gasteiger partial charge in [0.05, 0.1) is 12.4 Å². The summed E-state index contributed by atoms with van der Waals surface area (Å²) in [6.45, 7) is 3.86. The van der Waals surface area contributed by atoms with Gasteiger partial charge in [-0.15, -0.1) is 0 Å². The fourth-order valence-electron chi connectivity index (χ4n) is 4.99. The van der Waals surface area contributed by atoms with Gasteiger partial charge in [0.25, 0.3) is 0 Å². The molecule has 2 aromatic heterocycles. The molecule has 0 spiro atoms. The van der Waals surface area contributed by atoms with E-state index in [0.717, 1.165) is 48.5 Å². The third-order valence-corrected chi connectivity index (χ3v) is 6.60. The van der Waals surface area contributed by atoms with Crippen molar-refractivity contribution in [3.63, 3.8) is 0 Å². The second-order valence-corrected chi connectivity index (χ2v) is 8.64. The largest absolute Gasteiger partial charge is 0.491 e. The van der Waals surface area contributed by atoms with E-state index in [1.54, 1.807) is 12.7 Å². The number of hydrogen-bond donors (Lipinski definition) is 2. The molecule has 3 aromatic rings. The molecule has 33 heavy (non-hydrogen) atoms. The molecule has 1 saturated heterocycles. The highest BCUT2D eigenvalue weighted by atomic mass is 16.5. The molecule has 1 unspecified atom stereocenters. The van der Waals surface area contributed by atoms with Crippen LogP contribution in [0.15, 0.2) is 30.9 Å². The van der Waals surface area contributed by atoms with Gasteiger partial charge >= 0.3 is 0 Å². The van der Waals surface area contributed by atoms with Gasteiger partial charge < -0.3 is 19.9 Å². The normalized spacial score (nSPS) is 20.2. The van der Waals surface area contributed by atoms with Crippen molar-refractivity contribution in [1.29, 1.82) is 0 Å². The van der Waals surface area contributed by atoms with E-state index in [2.05, 4.69) is 30.2 Å². The van der Waals surface area contributed by atoms with E-state index >= 15 is 0 Å². The van der Waals surface area contributed by atoms with Crippen molar-refractivity contribution in [2.24, 2.45) is 5.92 Å². The van der Waals surface area contributed by atoms with E-state index < -0.39 is 0 Å². The predicted molar refractivity (Wildman–Crippen MR) is 123 cm³/mol. The van der Waals surface area contributed by atoms with Crippen LogP contribution in [0, 0.1) is 5.92 Å². The zero-order chi connectivity index (χ0) is 22.8. The molecular formula is C24H28N6O3. The number of anilines is 1. The number of imidazole rings is 1. The lowest BCUT2D eigenvalue weighted by Crippen LogP contribution is -2.35. The van der Waals surface area contributed by atoms with Crippen LogP contribution in [0.5, 0.6) is 5.75 Å². The fraction of sp³-hybridized carbons (Fsp3) is 0.458. The van der Waals surface area contributed by atoms with Crippen LogP contribution in [-0.4, -0.2) is 57.4 Å². The topological polar surface area (TPSA) is 113 Å². The highest BCUT2D eigenvalue weighted by Gasteiger charge is 2.32. The highest BCUT2D eigenvalue weighted by molar-refractivity contribution is 6.02. The number of carbonyl (C=O) groups is 2. The van der Waals surface area contributed by atoms with Crippen molar-refractivity contribution >= 4 is 28.7 Å². The average molecular weight is 449 g/mol. The Kier molecular flexibility index (Phi) is 5.93. The summed E-state index contributed by atoms with van der Waals surface area (Å²) in [5.41, 5.74) is 3.14.